The van der Waals surface area contributed by atoms with Gasteiger partial charge >= 0.3 is 0 Å². The molecule has 0 fully saturated rings. The van der Waals surface area contributed by atoms with E-state index in [9.17, 15) is 0 Å². The van der Waals surface area contributed by atoms with Crippen molar-refractivity contribution < 1.29 is 4.42 Å². The summed E-state index contributed by atoms with van der Waals surface area (Å²) in [6, 6.07) is 10.8. The molecule has 0 amide bonds. The summed E-state index contributed by atoms with van der Waals surface area (Å²) in [5.41, 5.74) is 3.90. The van der Waals surface area contributed by atoms with Crippen LogP contribution in [0.5, 0.6) is 0 Å². The summed E-state index contributed by atoms with van der Waals surface area (Å²) < 4.78 is 5.64. The Balaban J connectivity index is 1.88. The summed E-state index contributed by atoms with van der Waals surface area (Å²) in [4.78, 5) is 2.28. The predicted octanol–water partition coefficient (Wildman–Crippen LogP) is 3.72. The minimum absolute atomic E-state index is 0.837. The Kier molecular flexibility index (Phi) is 6.03. The molecule has 0 aliphatic rings. The highest BCUT2D eigenvalue weighted by molar-refractivity contribution is 5.21. The smallest absolute Gasteiger partial charge is 0.122 e. The first-order valence-corrected chi connectivity index (χ1v) is 7.69. The third kappa shape index (κ3) is 5.03. The van der Waals surface area contributed by atoms with Crippen LogP contribution in [-0.4, -0.2) is 18.5 Å². The lowest BCUT2D eigenvalue weighted by Crippen LogP contribution is -2.19. The summed E-state index contributed by atoms with van der Waals surface area (Å²) in [6.45, 7) is 8.00. The highest BCUT2D eigenvalue weighted by Crippen LogP contribution is 2.14. The molecule has 21 heavy (non-hydrogen) atoms. The summed E-state index contributed by atoms with van der Waals surface area (Å²) in [6.07, 6.45) is 2.94. The van der Waals surface area contributed by atoms with Crippen LogP contribution in [0.1, 0.15) is 35.8 Å². The molecular formula is C18H26N2O. The fourth-order valence-electron chi connectivity index (χ4n) is 2.37. The van der Waals surface area contributed by atoms with E-state index < -0.39 is 0 Å². The molecule has 0 atom stereocenters. The zero-order valence-corrected chi connectivity index (χ0v) is 13.4. The predicted molar refractivity (Wildman–Crippen MR) is 87.1 cm³/mol. The standard InChI is InChI=1S/C18H26N2O/c1-4-10-19-12-17-9-11-21-18(17)14-20(3)13-16-7-5-15(2)6-8-16/h5-9,11,19H,4,10,12-14H2,1-3H3. The van der Waals surface area contributed by atoms with Crippen molar-refractivity contribution in [2.45, 2.75) is 39.9 Å². The van der Waals surface area contributed by atoms with E-state index in [4.69, 9.17) is 4.42 Å². The summed E-state index contributed by atoms with van der Waals surface area (Å²) in [5.74, 6) is 1.06. The van der Waals surface area contributed by atoms with Crippen LogP contribution in [0.25, 0.3) is 0 Å². The molecule has 3 heteroatoms. The van der Waals surface area contributed by atoms with E-state index in [2.05, 4.69) is 61.4 Å². The Morgan fingerprint density at radius 3 is 2.57 bits per heavy atom. The fourth-order valence-corrected chi connectivity index (χ4v) is 2.37. The molecule has 0 bridgehead atoms. The summed E-state index contributed by atoms with van der Waals surface area (Å²) in [7, 11) is 2.13. The molecule has 0 spiro atoms. The number of nitrogens with zero attached hydrogens (tertiary/aromatic N) is 1. The largest absolute Gasteiger partial charge is 0.468 e. The van der Waals surface area contributed by atoms with Crippen molar-refractivity contribution in [1.82, 2.24) is 10.2 Å². The van der Waals surface area contributed by atoms with Gasteiger partial charge in [-0.15, -0.1) is 0 Å². The van der Waals surface area contributed by atoms with Gasteiger partial charge in [0.15, 0.2) is 0 Å². The lowest BCUT2D eigenvalue weighted by Gasteiger charge is -2.16. The van der Waals surface area contributed by atoms with Gasteiger partial charge in [-0.05, 0) is 38.6 Å². The number of nitrogens with one attached hydrogen (secondary N) is 1. The molecule has 0 radical (unpaired) electrons. The van der Waals surface area contributed by atoms with E-state index in [0.29, 0.717) is 0 Å². The second kappa shape index (κ2) is 8.01. The molecular weight excluding hydrogens is 260 g/mol. The van der Waals surface area contributed by atoms with Gasteiger partial charge in [-0.3, -0.25) is 4.90 Å². The Morgan fingerprint density at radius 1 is 1.10 bits per heavy atom. The number of benzene rings is 1. The fraction of sp³-hybridized carbons (Fsp3) is 0.444. The van der Waals surface area contributed by atoms with Gasteiger partial charge in [-0.25, -0.2) is 0 Å². The first-order chi connectivity index (χ1) is 10.2. The number of rotatable bonds is 8. The molecule has 1 aromatic heterocycles. The van der Waals surface area contributed by atoms with E-state index >= 15 is 0 Å². The van der Waals surface area contributed by atoms with Gasteiger partial charge in [0.05, 0.1) is 12.8 Å². The second-order valence-corrected chi connectivity index (χ2v) is 5.70. The van der Waals surface area contributed by atoms with E-state index in [0.717, 1.165) is 38.4 Å². The maximum absolute atomic E-state index is 5.64. The van der Waals surface area contributed by atoms with Gasteiger partial charge in [0.25, 0.3) is 0 Å². The first-order valence-electron chi connectivity index (χ1n) is 7.69. The number of furan rings is 1. The maximum Gasteiger partial charge on any atom is 0.122 e. The van der Waals surface area contributed by atoms with E-state index in [-0.39, 0.29) is 0 Å². The zero-order valence-electron chi connectivity index (χ0n) is 13.4. The molecule has 0 saturated carbocycles. The quantitative estimate of drug-likeness (QED) is 0.750. The Hall–Kier alpha value is -1.58. The number of hydrogen-bond donors (Lipinski definition) is 1. The van der Waals surface area contributed by atoms with Crippen LogP contribution in [0, 0.1) is 6.92 Å². The monoisotopic (exact) mass is 286 g/mol. The Labute approximate surface area is 128 Å². The third-order valence-electron chi connectivity index (χ3n) is 3.57. The minimum atomic E-state index is 0.837. The average molecular weight is 286 g/mol. The zero-order chi connectivity index (χ0) is 15.1. The molecule has 0 saturated heterocycles. The van der Waals surface area contributed by atoms with Gasteiger partial charge in [-0.1, -0.05) is 36.8 Å². The van der Waals surface area contributed by atoms with Crippen molar-refractivity contribution in [3.63, 3.8) is 0 Å². The normalized spacial score (nSPS) is 11.2. The highest BCUT2D eigenvalue weighted by Gasteiger charge is 2.09. The van der Waals surface area contributed by atoms with E-state index in [1.54, 1.807) is 6.26 Å². The molecule has 3 nitrogen and oxygen atoms in total. The van der Waals surface area contributed by atoms with Crippen molar-refractivity contribution in [2.24, 2.45) is 0 Å². The lowest BCUT2D eigenvalue weighted by molar-refractivity contribution is 0.286. The first kappa shape index (κ1) is 15.8. The van der Waals surface area contributed by atoms with Gasteiger partial charge < -0.3 is 9.73 Å². The highest BCUT2D eigenvalue weighted by atomic mass is 16.3. The SMILES string of the molecule is CCCNCc1ccoc1CN(C)Cc1ccc(C)cc1. The van der Waals surface area contributed by atoms with Crippen LogP contribution < -0.4 is 5.32 Å². The van der Waals surface area contributed by atoms with Crippen LogP contribution in [0.15, 0.2) is 41.0 Å². The number of hydrogen-bond acceptors (Lipinski definition) is 3. The van der Waals surface area contributed by atoms with Gasteiger partial charge in [0.2, 0.25) is 0 Å². The molecule has 1 N–H and O–H groups in total. The maximum atomic E-state index is 5.64. The van der Waals surface area contributed by atoms with Crippen molar-refractivity contribution in [3.8, 4) is 0 Å². The number of aryl methyl sites for hydroxylation is 1. The summed E-state index contributed by atoms with van der Waals surface area (Å²) >= 11 is 0. The third-order valence-corrected chi connectivity index (χ3v) is 3.57. The second-order valence-electron chi connectivity index (χ2n) is 5.70. The topological polar surface area (TPSA) is 28.4 Å². The van der Waals surface area contributed by atoms with Crippen LogP contribution in [0.3, 0.4) is 0 Å². The van der Waals surface area contributed by atoms with Crippen molar-refractivity contribution in [3.05, 3.63) is 59.0 Å². The Bertz CT molecular complexity index is 530. The van der Waals surface area contributed by atoms with Crippen LogP contribution >= 0.6 is 0 Å². The molecule has 2 aromatic rings. The molecule has 0 aliphatic carbocycles. The molecule has 1 aromatic carbocycles. The van der Waals surface area contributed by atoms with Gasteiger partial charge in [0.1, 0.15) is 5.76 Å². The molecule has 0 aliphatic heterocycles. The van der Waals surface area contributed by atoms with E-state index in [1.807, 2.05) is 0 Å². The average Bonchev–Trinajstić information content (AvgIpc) is 2.89. The molecule has 0 unspecified atom stereocenters. The van der Waals surface area contributed by atoms with Crippen molar-refractivity contribution >= 4 is 0 Å². The van der Waals surface area contributed by atoms with Crippen LogP contribution in [0.2, 0.25) is 0 Å². The van der Waals surface area contributed by atoms with Crippen molar-refractivity contribution in [2.75, 3.05) is 13.6 Å². The summed E-state index contributed by atoms with van der Waals surface area (Å²) in [5, 5.41) is 3.43. The van der Waals surface area contributed by atoms with Gasteiger partial charge in [-0.2, -0.15) is 0 Å². The van der Waals surface area contributed by atoms with Crippen LogP contribution in [0.4, 0.5) is 0 Å². The molecule has 1 heterocycles. The lowest BCUT2D eigenvalue weighted by atomic mass is 10.1. The molecule has 114 valence electrons. The van der Waals surface area contributed by atoms with Gasteiger partial charge in [0, 0.05) is 18.7 Å². The minimum Gasteiger partial charge on any atom is -0.468 e. The molecule has 2 rings (SSSR count). The van der Waals surface area contributed by atoms with Crippen molar-refractivity contribution in [1.29, 1.82) is 0 Å². The van der Waals surface area contributed by atoms with E-state index in [1.165, 1.54) is 16.7 Å². The van der Waals surface area contributed by atoms with Crippen LogP contribution in [-0.2, 0) is 19.6 Å². The Morgan fingerprint density at radius 2 is 1.86 bits per heavy atom.